The van der Waals surface area contributed by atoms with Gasteiger partial charge in [0.2, 0.25) is 0 Å². The van der Waals surface area contributed by atoms with Gasteiger partial charge in [-0.05, 0) is 25.0 Å². The number of amides is 2. The number of urea groups is 1. The number of rotatable bonds is 3. The predicted octanol–water partition coefficient (Wildman–Crippen LogP) is 2.80. The van der Waals surface area contributed by atoms with Crippen LogP contribution in [-0.2, 0) is 0 Å². The standard InChI is InChI=1S/C16H25N3O/c1-13(2)12-18-8-10-19(11-9-18)16(20)17-15-6-4-14(3)5-7-15/h4-7,13H,8-12H2,1-3H3,(H,17,20). The van der Waals surface area contributed by atoms with Crippen LogP contribution < -0.4 is 5.32 Å². The monoisotopic (exact) mass is 275 g/mol. The Morgan fingerprint density at radius 3 is 2.30 bits per heavy atom. The molecule has 0 radical (unpaired) electrons. The van der Waals surface area contributed by atoms with E-state index in [1.807, 2.05) is 36.1 Å². The van der Waals surface area contributed by atoms with E-state index in [1.54, 1.807) is 0 Å². The smallest absolute Gasteiger partial charge is 0.321 e. The van der Waals surface area contributed by atoms with Crippen molar-refractivity contribution in [2.75, 3.05) is 38.0 Å². The second kappa shape index (κ2) is 6.75. The molecular weight excluding hydrogens is 250 g/mol. The Hall–Kier alpha value is -1.55. The summed E-state index contributed by atoms with van der Waals surface area (Å²) in [6.07, 6.45) is 0. The van der Waals surface area contributed by atoms with Crippen molar-refractivity contribution in [3.63, 3.8) is 0 Å². The summed E-state index contributed by atoms with van der Waals surface area (Å²) in [5.41, 5.74) is 2.07. The molecule has 1 saturated heterocycles. The zero-order chi connectivity index (χ0) is 14.5. The Kier molecular flexibility index (Phi) is 5.01. The minimum Gasteiger partial charge on any atom is -0.322 e. The van der Waals surface area contributed by atoms with Crippen molar-refractivity contribution in [2.45, 2.75) is 20.8 Å². The lowest BCUT2D eigenvalue weighted by Crippen LogP contribution is -2.50. The Labute approximate surface area is 121 Å². The van der Waals surface area contributed by atoms with Crippen LogP contribution in [0.25, 0.3) is 0 Å². The molecule has 2 rings (SSSR count). The van der Waals surface area contributed by atoms with E-state index < -0.39 is 0 Å². The largest absolute Gasteiger partial charge is 0.322 e. The van der Waals surface area contributed by atoms with Crippen LogP contribution in [0.15, 0.2) is 24.3 Å². The van der Waals surface area contributed by atoms with Crippen molar-refractivity contribution in [3.05, 3.63) is 29.8 Å². The van der Waals surface area contributed by atoms with Gasteiger partial charge >= 0.3 is 6.03 Å². The summed E-state index contributed by atoms with van der Waals surface area (Å²) in [6, 6.07) is 7.93. The summed E-state index contributed by atoms with van der Waals surface area (Å²) in [5, 5.41) is 2.96. The first-order valence-corrected chi connectivity index (χ1v) is 7.39. The van der Waals surface area contributed by atoms with Crippen molar-refractivity contribution < 1.29 is 4.79 Å². The molecule has 1 aliphatic heterocycles. The molecule has 1 fully saturated rings. The molecule has 0 bridgehead atoms. The first-order chi connectivity index (χ1) is 9.54. The van der Waals surface area contributed by atoms with E-state index in [0.29, 0.717) is 5.92 Å². The maximum absolute atomic E-state index is 12.2. The number of carbonyl (C=O) groups excluding carboxylic acids is 1. The average Bonchev–Trinajstić information content (AvgIpc) is 2.41. The van der Waals surface area contributed by atoms with Crippen molar-refractivity contribution in [1.29, 1.82) is 0 Å². The zero-order valence-electron chi connectivity index (χ0n) is 12.7. The van der Waals surface area contributed by atoms with Gasteiger partial charge in [0.05, 0.1) is 0 Å². The van der Waals surface area contributed by atoms with Gasteiger partial charge in [-0.1, -0.05) is 31.5 Å². The van der Waals surface area contributed by atoms with Crippen LogP contribution in [0.2, 0.25) is 0 Å². The molecule has 0 unspecified atom stereocenters. The van der Waals surface area contributed by atoms with Crippen LogP contribution in [0, 0.1) is 12.8 Å². The Bertz CT molecular complexity index is 434. The summed E-state index contributed by atoms with van der Waals surface area (Å²) in [6.45, 7) is 11.2. The van der Waals surface area contributed by atoms with Gasteiger partial charge in [-0.2, -0.15) is 0 Å². The third kappa shape index (κ3) is 4.23. The quantitative estimate of drug-likeness (QED) is 0.920. The molecule has 1 aromatic rings. The Morgan fingerprint density at radius 1 is 1.15 bits per heavy atom. The van der Waals surface area contributed by atoms with Crippen LogP contribution in [0.3, 0.4) is 0 Å². The van der Waals surface area contributed by atoms with Crippen LogP contribution in [0.1, 0.15) is 19.4 Å². The third-order valence-electron chi connectivity index (χ3n) is 3.59. The van der Waals surface area contributed by atoms with Crippen molar-refractivity contribution in [2.24, 2.45) is 5.92 Å². The van der Waals surface area contributed by atoms with E-state index in [1.165, 1.54) is 5.56 Å². The maximum atomic E-state index is 12.2. The van der Waals surface area contributed by atoms with E-state index in [4.69, 9.17) is 0 Å². The fraction of sp³-hybridized carbons (Fsp3) is 0.562. The van der Waals surface area contributed by atoms with Crippen molar-refractivity contribution in [3.8, 4) is 0 Å². The van der Waals surface area contributed by atoms with Crippen LogP contribution in [0.5, 0.6) is 0 Å². The lowest BCUT2D eigenvalue weighted by Gasteiger charge is -2.35. The molecule has 0 saturated carbocycles. The maximum Gasteiger partial charge on any atom is 0.321 e. The number of hydrogen-bond acceptors (Lipinski definition) is 2. The van der Waals surface area contributed by atoms with Gasteiger partial charge in [0.15, 0.2) is 0 Å². The molecule has 1 aliphatic rings. The Balaban J connectivity index is 1.81. The highest BCUT2D eigenvalue weighted by Gasteiger charge is 2.21. The molecule has 4 heteroatoms. The van der Waals surface area contributed by atoms with E-state index in [-0.39, 0.29) is 6.03 Å². The van der Waals surface area contributed by atoms with Gasteiger partial charge in [0, 0.05) is 38.4 Å². The van der Waals surface area contributed by atoms with Crippen molar-refractivity contribution in [1.82, 2.24) is 9.80 Å². The molecule has 0 aromatic heterocycles. The summed E-state index contributed by atoms with van der Waals surface area (Å²) in [4.78, 5) is 16.5. The van der Waals surface area contributed by atoms with E-state index in [2.05, 4.69) is 24.1 Å². The van der Waals surface area contributed by atoms with Gasteiger partial charge in [-0.25, -0.2) is 4.79 Å². The highest BCUT2D eigenvalue weighted by atomic mass is 16.2. The molecule has 2 amide bonds. The molecule has 20 heavy (non-hydrogen) atoms. The fourth-order valence-electron chi connectivity index (χ4n) is 2.49. The first-order valence-electron chi connectivity index (χ1n) is 7.39. The molecule has 1 heterocycles. The van der Waals surface area contributed by atoms with E-state index in [0.717, 1.165) is 38.4 Å². The van der Waals surface area contributed by atoms with Crippen LogP contribution >= 0.6 is 0 Å². The molecular formula is C16H25N3O. The summed E-state index contributed by atoms with van der Waals surface area (Å²) >= 11 is 0. The molecule has 0 atom stereocenters. The molecule has 0 spiro atoms. The van der Waals surface area contributed by atoms with Gasteiger partial charge in [0.25, 0.3) is 0 Å². The number of nitrogens with one attached hydrogen (secondary N) is 1. The zero-order valence-corrected chi connectivity index (χ0v) is 12.7. The third-order valence-corrected chi connectivity index (χ3v) is 3.59. The number of hydrogen-bond donors (Lipinski definition) is 1. The minimum atomic E-state index is 0.0121. The lowest BCUT2D eigenvalue weighted by molar-refractivity contribution is 0.138. The molecule has 0 aliphatic carbocycles. The lowest BCUT2D eigenvalue weighted by atomic mass is 10.2. The van der Waals surface area contributed by atoms with E-state index >= 15 is 0 Å². The van der Waals surface area contributed by atoms with Gasteiger partial charge in [0.1, 0.15) is 0 Å². The molecule has 4 nitrogen and oxygen atoms in total. The van der Waals surface area contributed by atoms with Gasteiger partial charge < -0.3 is 10.2 Å². The number of aryl methyl sites for hydroxylation is 1. The van der Waals surface area contributed by atoms with Crippen molar-refractivity contribution >= 4 is 11.7 Å². The number of benzene rings is 1. The summed E-state index contributed by atoms with van der Waals surface area (Å²) < 4.78 is 0. The average molecular weight is 275 g/mol. The Morgan fingerprint density at radius 2 is 1.75 bits per heavy atom. The summed E-state index contributed by atoms with van der Waals surface area (Å²) in [7, 11) is 0. The number of piperazine rings is 1. The number of carbonyl (C=O) groups is 1. The first kappa shape index (κ1) is 14.9. The number of anilines is 1. The fourth-order valence-corrected chi connectivity index (χ4v) is 2.49. The minimum absolute atomic E-state index is 0.0121. The number of nitrogens with zero attached hydrogens (tertiary/aromatic N) is 2. The predicted molar refractivity (Wildman–Crippen MR) is 83.0 cm³/mol. The van der Waals surface area contributed by atoms with Gasteiger partial charge in [-0.15, -0.1) is 0 Å². The topological polar surface area (TPSA) is 35.6 Å². The molecule has 1 aromatic carbocycles. The van der Waals surface area contributed by atoms with Gasteiger partial charge in [-0.3, -0.25) is 4.90 Å². The molecule has 110 valence electrons. The normalized spacial score (nSPS) is 16.5. The van der Waals surface area contributed by atoms with Crippen LogP contribution in [-0.4, -0.2) is 48.6 Å². The van der Waals surface area contributed by atoms with E-state index in [9.17, 15) is 4.79 Å². The second-order valence-corrected chi connectivity index (χ2v) is 5.98. The second-order valence-electron chi connectivity index (χ2n) is 5.98. The molecule has 1 N–H and O–H groups in total. The highest BCUT2D eigenvalue weighted by molar-refractivity contribution is 5.89. The highest BCUT2D eigenvalue weighted by Crippen LogP contribution is 2.11. The summed E-state index contributed by atoms with van der Waals surface area (Å²) in [5.74, 6) is 0.683. The van der Waals surface area contributed by atoms with Crippen LogP contribution in [0.4, 0.5) is 10.5 Å². The SMILES string of the molecule is Cc1ccc(NC(=O)N2CCN(CC(C)C)CC2)cc1.